The Morgan fingerprint density at radius 2 is 2.33 bits per heavy atom. The number of aldehydes is 1. The molecule has 0 fully saturated rings. The molecule has 3 nitrogen and oxygen atoms in total. The van der Waals surface area contributed by atoms with Gasteiger partial charge in [0.25, 0.3) is 0 Å². The number of thioether (sulfide) groups is 1. The molecule has 0 amide bonds. The lowest BCUT2D eigenvalue weighted by atomic mass is 10.1. The van der Waals surface area contributed by atoms with Crippen LogP contribution in [-0.2, 0) is 4.79 Å². The Labute approximate surface area is 109 Å². The Morgan fingerprint density at radius 3 is 3.06 bits per heavy atom. The predicted octanol–water partition coefficient (Wildman–Crippen LogP) is 2.61. The number of carbonyl (C=O) groups is 2. The third-order valence-electron chi connectivity index (χ3n) is 2.43. The molecule has 4 heteroatoms. The zero-order valence-electron chi connectivity index (χ0n) is 9.82. The van der Waals surface area contributed by atoms with Gasteiger partial charge in [-0.05, 0) is 12.1 Å². The number of fused-ring (bicyclic) bond motifs is 1. The normalized spacial score (nSPS) is 9.83. The van der Waals surface area contributed by atoms with Gasteiger partial charge in [-0.15, -0.1) is 0 Å². The molecule has 0 aliphatic rings. The molecule has 0 saturated carbocycles. The molecule has 2 rings (SSSR count). The molecule has 0 unspecified atom stereocenters. The van der Waals surface area contributed by atoms with Crippen LogP contribution >= 0.6 is 11.8 Å². The second-order valence-electron chi connectivity index (χ2n) is 3.67. The van der Waals surface area contributed by atoms with Crippen LogP contribution in [0, 0.1) is 11.8 Å². The molecule has 90 valence electrons. The summed E-state index contributed by atoms with van der Waals surface area (Å²) in [5.41, 5.74) is 2.30. The fourth-order valence-corrected chi connectivity index (χ4v) is 2.03. The summed E-state index contributed by atoms with van der Waals surface area (Å²) in [5.74, 6) is 6.40. The summed E-state index contributed by atoms with van der Waals surface area (Å²) in [6.07, 6.45) is 2.49. The highest BCUT2D eigenvalue weighted by Crippen LogP contribution is 2.20. The van der Waals surface area contributed by atoms with Crippen molar-refractivity contribution in [2.45, 2.75) is 6.92 Å². The maximum Gasteiger partial charge on any atom is 0.186 e. The maximum atomic E-state index is 10.9. The molecule has 0 aliphatic carbocycles. The van der Waals surface area contributed by atoms with Crippen LogP contribution < -0.4 is 0 Å². The van der Waals surface area contributed by atoms with Crippen molar-refractivity contribution in [2.24, 2.45) is 0 Å². The first-order valence-corrected chi connectivity index (χ1v) is 6.38. The van der Waals surface area contributed by atoms with Gasteiger partial charge in [-0.1, -0.05) is 29.7 Å². The molecule has 0 aliphatic heterocycles. The highest BCUT2D eigenvalue weighted by Gasteiger charge is 2.05. The number of carbonyl (C=O) groups excluding carboxylic acids is 2. The molecule has 0 spiro atoms. The molecular formula is C14H11NO2S. The average molecular weight is 257 g/mol. The SMILES string of the molecule is CC(=O)SCC#Cc1cccc2[nH]cc(C=O)c12. The third-order valence-corrected chi connectivity index (χ3v) is 3.13. The lowest BCUT2D eigenvalue weighted by Crippen LogP contribution is -1.84. The van der Waals surface area contributed by atoms with E-state index in [9.17, 15) is 9.59 Å². The number of hydrogen-bond acceptors (Lipinski definition) is 3. The third kappa shape index (κ3) is 2.63. The van der Waals surface area contributed by atoms with E-state index in [-0.39, 0.29) is 5.12 Å². The summed E-state index contributed by atoms with van der Waals surface area (Å²) >= 11 is 1.18. The minimum atomic E-state index is 0.0535. The molecule has 1 heterocycles. The first-order chi connectivity index (χ1) is 8.72. The van der Waals surface area contributed by atoms with Gasteiger partial charge in [0, 0.05) is 35.2 Å². The summed E-state index contributed by atoms with van der Waals surface area (Å²) in [6, 6.07) is 5.65. The van der Waals surface area contributed by atoms with E-state index in [0.717, 1.165) is 22.8 Å². The second kappa shape index (κ2) is 5.56. The number of hydrogen-bond donors (Lipinski definition) is 1. The van der Waals surface area contributed by atoms with Gasteiger partial charge < -0.3 is 4.98 Å². The zero-order chi connectivity index (χ0) is 13.0. The van der Waals surface area contributed by atoms with Crippen molar-refractivity contribution in [1.82, 2.24) is 4.98 Å². The lowest BCUT2D eigenvalue weighted by molar-refractivity contribution is -0.109. The quantitative estimate of drug-likeness (QED) is 0.664. The summed E-state index contributed by atoms with van der Waals surface area (Å²) in [6.45, 7) is 1.52. The Morgan fingerprint density at radius 1 is 1.50 bits per heavy atom. The van der Waals surface area contributed by atoms with Gasteiger partial charge in [0.15, 0.2) is 11.4 Å². The molecule has 2 aromatic rings. The van der Waals surface area contributed by atoms with Crippen LogP contribution in [0.1, 0.15) is 22.8 Å². The van der Waals surface area contributed by atoms with Crippen molar-refractivity contribution in [1.29, 1.82) is 0 Å². The van der Waals surface area contributed by atoms with E-state index in [1.807, 2.05) is 18.2 Å². The summed E-state index contributed by atoms with van der Waals surface area (Å²) in [4.78, 5) is 24.7. The first kappa shape index (κ1) is 12.5. The van der Waals surface area contributed by atoms with E-state index in [4.69, 9.17) is 0 Å². The largest absolute Gasteiger partial charge is 0.360 e. The summed E-state index contributed by atoms with van der Waals surface area (Å²) in [7, 11) is 0. The molecule has 0 atom stereocenters. The van der Waals surface area contributed by atoms with Gasteiger partial charge in [0.05, 0.1) is 5.75 Å². The van der Waals surface area contributed by atoms with Gasteiger partial charge in [-0.2, -0.15) is 0 Å². The van der Waals surface area contributed by atoms with Crippen LogP contribution in [0.15, 0.2) is 24.4 Å². The second-order valence-corrected chi connectivity index (χ2v) is 4.82. The Kier molecular flexibility index (Phi) is 3.85. The van der Waals surface area contributed by atoms with Gasteiger partial charge in [-0.25, -0.2) is 0 Å². The van der Waals surface area contributed by atoms with Crippen LogP contribution in [0.5, 0.6) is 0 Å². The average Bonchev–Trinajstić information content (AvgIpc) is 2.78. The van der Waals surface area contributed by atoms with Gasteiger partial charge in [0.1, 0.15) is 0 Å². The van der Waals surface area contributed by atoms with E-state index >= 15 is 0 Å². The summed E-state index contributed by atoms with van der Waals surface area (Å²) < 4.78 is 0. The standard InChI is InChI=1S/C14H11NO2S/c1-10(17)18-7-3-5-11-4-2-6-13-14(11)12(9-16)8-15-13/h2,4,6,8-9,15H,7H2,1H3. The van der Waals surface area contributed by atoms with Crippen molar-refractivity contribution >= 4 is 34.1 Å². The molecule has 0 saturated heterocycles. The van der Waals surface area contributed by atoms with Crippen LogP contribution in [0.25, 0.3) is 10.9 Å². The van der Waals surface area contributed by atoms with Crippen LogP contribution in [-0.4, -0.2) is 22.1 Å². The van der Waals surface area contributed by atoms with E-state index in [0.29, 0.717) is 11.3 Å². The van der Waals surface area contributed by atoms with E-state index in [2.05, 4.69) is 16.8 Å². The van der Waals surface area contributed by atoms with Crippen molar-refractivity contribution in [2.75, 3.05) is 5.75 Å². The molecule has 0 radical (unpaired) electrons. The molecule has 1 N–H and O–H groups in total. The molecule has 1 aromatic heterocycles. The first-order valence-electron chi connectivity index (χ1n) is 5.40. The zero-order valence-corrected chi connectivity index (χ0v) is 10.6. The summed E-state index contributed by atoms with van der Waals surface area (Å²) in [5, 5.41) is 0.894. The molecule has 18 heavy (non-hydrogen) atoms. The van der Waals surface area contributed by atoms with Crippen LogP contribution in [0.2, 0.25) is 0 Å². The Balaban J connectivity index is 2.35. The van der Waals surface area contributed by atoms with Crippen molar-refractivity contribution < 1.29 is 9.59 Å². The fraction of sp³-hybridized carbons (Fsp3) is 0.143. The highest BCUT2D eigenvalue weighted by molar-refractivity contribution is 8.13. The monoisotopic (exact) mass is 257 g/mol. The Hall–Kier alpha value is -1.99. The number of aromatic amines is 1. The highest BCUT2D eigenvalue weighted by atomic mass is 32.2. The molecular weight excluding hydrogens is 246 g/mol. The predicted molar refractivity (Wildman–Crippen MR) is 73.7 cm³/mol. The lowest BCUT2D eigenvalue weighted by Gasteiger charge is -1.95. The number of H-pyrrole nitrogens is 1. The molecule has 1 aromatic carbocycles. The number of benzene rings is 1. The van der Waals surface area contributed by atoms with Crippen molar-refractivity contribution in [3.63, 3.8) is 0 Å². The van der Waals surface area contributed by atoms with E-state index in [1.54, 1.807) is 6.20 Å². The van der Waals surface area contributed by atoms with Gasteiger partial charge in [-0.3, -0.25) is 9.59 Å². The van der Waals surface area contributed by atoms with Gasteiger partial charge >= 0.3 is 0 Å². The van der Waals surface area contributed by atoms with E-state index < -0.39 is 0 Å². The number of aromatic nitrogens is 1. The Bertz CT molecular complexity index is 661. The minimum absolute atomic E-state index is 0.0535. The van der Waals surface area contributed by atoms with Crippen molar-refractivity contribution in [3.8, 4) is 11.8 Å². The molecule has 0 bridgehead atoms. The van der Waals surface area contributed by atoms with E-state index in [1.165, 1.54) is 18.7 Å². The minimum Gasteiger partial charge on any atom is -0.360 e. The fourth-order valence-electron chi connectivity index (χ4n) is 1.68. The van der Waals surface area contributed by atoms with Gasteiger partial charge in [0.2, 0.25) is 0 Å². The topological polar surface area (TPSA) is 49.9 Å². The maximum absolute atomic E-state index is 10.9. The number of nitrogens with one attached hydrogen (secondary N) is 1. The van der Waals surface area contributed by atoms with Crippen LogP contribution in [0.4, 0.5) is 0 Å². The number of rotatable bonds is 2. The van der Waals surface area contributed by atoms with Crippen LogP contribution in [0.3, 0.4) is 0 Å². The smallest absolute Gasteiger partial charge is 0.186 e. The van der Waals surface area contributed by atoms with Crippen molar-refractivity contribution in [3.05, 3.63) is 35.5 Å².